The van der Waals surface area contributed by atoms with Crippen LogP contribution in [0.1, 0.15) is 5.56 Å². The highest BCUT2D eigenvalue weighted by atomic mass is 79.9. The van der Waals surface area contributed by atoms with Crippen LogP contribution in [0.2, 0.25) is 10.0 Å². The Morgan fingerprint density at radius 1 is 1.42 bits per heavy atom. The zero-order valence-electron chi connectivity index (χ0n) is 5.81. The van der Waals surface area contributed by atoms with E-state index in [9.17, 15) is 5.11 Å². The van der Waals surface area contributed by atoms with E-state index in [0.29, 0.717) is 4.47 Å². The van der Waals surface area contributed by atoms with Crippen molar-refractivity contribution in [3.63, 3.8) is 0 Å². The van der Waals surface area contributed by atoms with Gasteiger partial charge in [-0.15, -0.1) is 0 Å². The fourth-order valence-corrected chi connectivity index (χ4v) is 1.81. The number of hydrogen-bond acceptors (Lipinski definition) is 2. The third kappa shape index (κ3) is 1.69. The van der Waals surface area contributed by atoms with Gasteiger partial charge < -0.3 is 10.2 Å². The minimum Gasteiger partial charge on any atom is -0.506 e. The van der Waals surface area contributed by atoms with Crippen molar-refractivity contribution in [2.24, 2.45) is 0 Å². The first-order valence-electron chi connectivity index (χ1n) is 3.04. The van der Waals surface area contributed by atoms with Crippen LogP contribution < -0.4 is 0 Å². The molecule has 0 unspecified atom stereocenters. The van der Waals surface area contributed by atoms with Gasteiger partial charge in [-0.2, -0.15) is 0 Å². The van der Waals surface area contributed by atoms with Crippen molar-refractivity contribution >= 4 is 39.1 Å². The molecular weight excluding hydrogens is 267 g/mol. The number of aliphatic hydroxyl groups excluding tert-OH is 1. The Balaban J connectivity index is 3.42. The summed E-state index contributed by atoms with van der Waals surface area (Å²) in [5, 5.41) is 18.6. The smallest absolute Gasteiger partial charge is 0.141 e. The monoisotopic (exact) mass is 270 g/mol. The molecule has 0 saturated carbocycles. The summed E-state index contributed by atoms with van der Waals surface area (Å²) in [6, 6.07) is 1.47. The lowest BCUT2D eigenvalue weighted by Gasteiger charge is -2.07. The molecule has 0 aliphatic heterocycles. The van der Waals surface area contributed by atoms with Gasteiger partial charge in [-0.3, -0.25) is 0 Å². The van der Waals surface area contributed by atoms with E-state index in [2.05, 4.69) is 15.9 Å². The number of benzene rings is 1. The SMILES string of the molecule is OCc1c(O)c(Cl)cc(Br)c1Cl. The fourth-order valence-electron chi connectivity index (χ4n) is 0.780. The van der Waals surface area contributed by atoms with E-state index in [1.807, 2.05) is 0 Å². The summed E-state index contributed by atoms with van der Waals surface area (Å²) >= 11 is 14.5. The van der Waals surface area contributed by atoms with Gasteiger partial charge in [0.2, 0.25) is 0 Å². The van der Waals surface area contributed by atoms with E-state index in [1.165, 1.54) is 6.07 Å². The van der Waals surface area contributed by atoms with Crippen molar-refractivity contribution in [3.8, 4) is 5.75 Å². The molecule has 5 heteroatoms. The maximum absolute atomic E-state index is 9.31. The molecule has 12 heavy (non-hydrogen) atoms. The number of aromatic hydroxyl groups is 1. The summed E-state index contributed by atoms with van der Waals surface area (Å²) < 4.78 is 0.552. The molecule has 0 heterocycles. The highest BCUT2D eigenvalue weighted by Gasteiger charge is 2.12. The van der Waals surface area contributed by atoms with Crippen LogP contribution in [0, 0.1) is 0 Å². The van der Waals surface area contributed by atoms with Gasteiger partial charge in [-0.05, 0) is 22.0 Å². The maximum atomic E-state index is 9.31. The number of hydrogen-bond donors (Lipinski definition) is 2. The highest BCUT2D eigenvalue weighted by molar-refractivity contribution is 9.10. The van der Waals surface area contributed by atoms with Gasteiger partial charge in [0.25, 0.3) is 0 Å². The standard InChI is InChI=1S/C7H5BrCl2O2/c8-4-1-5(9)7(12)3(2-11)6(4)10/h1,11-12H,2H2. The van der Waals surface area contributed by atoms with E-state index in [4.69, 9.17) is 28.3 Å². The van der Waals surface area contributed by atoms with Crippen molar-refractivity contribution < 1.29 is 10.2 Å². The Morgan fingerprint density at radius 2 is 2.00 bits per heavy atom. The van der Waals surface area contributed by atoms with Crippen LogP contribution in [0.25, 0.3) is 0 Å². The Labute approximate surface area is 87.9 Å². The second-order valence-corrected chi connectivity index (χ2v) is 3.78. The maximum Gasteiger partial charge on any atom is 0.141 e. The largest absolute Gasteiger partial charge is 0.506 e. The van der Waals surface area contributed by atoms with Crippen LogP contribution in [0.3, 0.4) is 0 Å². The zero-order chi connectivity index (χ0) is 9.30. The molecule has 1 aromatic rings. The summed E-state index contributed by atoms with van der Waals surface area (Å²) in [4.78, 5) is 0. The molecule has 0 spiro atoms. The predicted molar refractivity (Wildman–Crippen MR) is 51.7 cm³/mol. The van der Waals surface area contributed by atoms with Crippen LogP contribution in [0.5, 0.6) is 5.75 Å². The molecule has 0 aliphatic rings. The lowest BCUT2D eigenvalue weighted by Crippen LogP contribution is -1.88. The van der Waals surface area contributed by atoms with E-state index in [1.54, 1.807) is 0 Å². The van der Waals surface area contributed by atoms with Crippen molar-refractivity contribution in [3.05, 3.63) is 26.1 Å². The first-order valence-corrected chi connectivity index (χ1v) is 4.59. The molecule has 0 atom stereocenters. The quantitative estimate of drug-likeness (QED) is 0.771. The summed E-state index contributed by atoms with van der Waals surface area (Å²) in [7, 11) is 0. The van der Waals surface area contributed by atoms with E-state index < -0.39 is 0 Å². The van der Waals surface area contributed by atoms with Crippen molar-refractivity contribution in [1.82, 2.24) is 0 Å². The number of phenols is 1. The molecule has 0 fully saturated rings. The van der Waals surface area contributed by atoms with Gasteiger partial charge in [-0.1, -0.05) is 23.2 Å². The first kappa shape index (κ1) is 10.1. The normalized spacial score (nSPS) is 10.3. The Morgan fingerprint density at radius 3 is 2.50 bits per heavy atom. The van der Waals surface area contributed by atoms with Crippen molar-refractivity contribution in [2.45, 2.75) is 6.61 Å². The summed E-state index contributed by atoms with van der Waals surface area (Å²) in [6.45, 7) is -0.343. The number of rotatable bonds is 1. The van der Waals surface area contributed by atoms with Gasteiger partial charge in [0.1, 0.15) is 5.75 Å². The van der Waals surface area contributed by atoms with Gasteiger partial charge in [0.05, 0.1) is 16.7 Å². The van der Waals surface area contributed by atoms with E-state index in [-0.39, 0.29) is 28.0 Å². The Bertz CT molecular complexity index is 289. The molecule has 0 amide bonds. The summed E-state index contributed by atoms with van der Waals surface area (Å²) in [5.74, 6) is -0.174. The number of halogens is 3. The van der Waals surface area contributed by atoms with Gasteiger partial charge in [0, 0.05) is 10.0 Å². The third-order valence-electron chi connectivity index (χ3n) is 1.40. The van der Waals surface area contributed by atoms with Gasteiger partial charge in [-0.25, -0.2) is 0 Å². The minimum atomic E-state index is -0.343. The van der Waals surface area contributed by atoms with Crippen LogP contribution in [-0.2, 0) is 6.61 Å². The fraction of sp³-hybridized carbons (Fsp3) is 0.143. The second-order valence-electron chi connectivity index (χ2n) is 2.14. The van der Waals surface area contributed by atoms with Crippen LogP contribution in [0.4, 0.5) is 0 Å². The van der Waals surface area contributed by atoms with Crippen molar-refractivity contribution in [2.75, 3.05) is 0 Å². The first-order chi connectivity index (χ1) is 5.57. The molecule has 1 aromatic carbocycles. The van der Waals surface area contributed by atoms with Crippen molar-refractivity contribution in [1.29, 1.82) is 0 Å². The van der Waals surface area contributed by atoms with Crippen LogP contribution in [0.15, 0.2) is 10.5 Å². The molecule has 1 rings (SSSR count). The molecule has 0 saturated heterocycles. The second kappa shape index (κ2) is 3.83. The lowest BCUT2D eigenvalue weighted by molar-refractivity contribution is 0.275. The number of aliphatic hydroxyl groups is 1. The minimum absolute atomic E-state index is 0.162. The molecule has 2 nitrogen and oxygen atoms in total. The third-order valence-corrected chi connectivity index (χ3v) is 2.97. The van der Waals surface area contributed by atoms with Crippen LogP contribution >= 0.6 is 39.1 Å². The highest BCUT2D eigenvalue weighted by Crippen LogP contribution is 2.38. The van der Waals surface area contributed by atoms with Gasteiger partial charge >= 0.3 is 0 Å². The zero-order valence-corrected chi connectivity index (χ0v) is 8.91. The molecule has 0 aromatic heterocycles. The average Bonchev–Trinajstić information content (AvgIpc) is 2.02. The summed E-state index contributed by atoms with van der Waals surface area (Å²) in [6.07, 6.45) is 0. The van der Waals surface area contributed by atoms with Gasteiger partial charge in [0.15, 0.2) is 0 Å². The topological polar surface area (TPSA) is 40.5 Å². The molecule has 0 aliphatic carbocycles. The Kier molecular flexibility index (Phi) is 3.23. The molecule has 0 bridgehead atoms. The summed E-state index contributed by atoms with van der Waals surface area (Å²) in [5.41, 5.74) is 0.232. The van der Waals surface area contributed by atoms with E-state index in [0.717, 1.165) is 0 Å². The Hall–Kier alpha value is 0.0400. The predicted octanol–water partition coefficient (Wildman–Crippen LogP) is 2.95. The molecule has 0 radical (unpaired) electrons. The van der Waals surface area contributed by atoms with E-state index >= 15 is 0 Å². The van der Waals surface area contributed by atoms with Crippen LogP contribution in [-0.4, -0.2) is 10.2 Å². The average molecular weight is 272 g/mol. The lowest BCUT2D eigenvalue weighted by atomic mass is 10.2. The molecular formula is C7H5BrCl2O2. The molecule has 66 valence electrons. The molecule has 2 N–H and O–H groups in total.